The molecule has 7 heteroatoms. The second kappa shape index (κ2) is 7.26. The molecule has 0 amide bonds. The van der Waals surface area contributed by atoms with Gasteiger partial charge in [-0.2, -0.15) is 5.10 Å². The van der Waals surface area contributed by atoms with Gasteiger partial charge >= 0.3 is 0 Å². The van der Waals surface area contributed by atoms with Crippen LogP contribution < -0.4 is 4.72 Å². The summed E-state index contributed by atoms with van der Waals surface area (Å²) < 4.78 is 28.4. The van der Waals surface area contributed by atoms with Crippen molar-refractivity contribution in [3.8, 4) is 0 Å². The molecule has 1 N–H and O–H groups in total. The average Bonchev–Trinajstić information content (AvgIpc) is 2.72. The third-order valence-corrected chi connectivity index (χ3v) is 5.27. The van der Waals surface area contributed by atoms with Gasteiger partial charge in [-0.15, -0.1) is 0 Å². The Morgan fingerprint density at radius 2 is 1.91 bits per heavy atom. The van der Waals surface area contributed by atoms with Crippen LogP contribution in [0.5, 0.6) is 0 Å². The van der Waals surface area contributed by atoms with Gasteiger partial charge in [-0.1, -0.05) is 41.9 Å². The fraction of sp³-hybridized carbons (Fsp3) is 0.400. The molecular weight excluding hydrogens is 322 g/mol. The molecule has 22 heavy (non-hydrogen) atoms. The molecule has 0 fully saturated rings. The van der Waals surface area contributed by atoms with Gasteiger partial charge in [0.2, 0.25) is 10.0 Å². The Labute approximate surface area is 136 Å². The lowest BCUT2D eigenvalue weighted by Gasteiger charge is -2.08. The first kappa shape index (κ1) is 17.0. The minimum absolute atomic E-state index is 0.000423. The molecule has 0 unspecified atom stereocenters. The van der Waals surface area contributed by atoms with E-state index in [1.165, 1.54) is 0 Å². The number of aromatic nitrogens is 2. The van der Waals surface area contributed by atoms with Gasteiger partial charge in [0, 0.05) is 13.1 Å². The molecule has 0 aliphatic rings. The van der Waals surface area contributed by atoms with Gasteiger partial charge in [-0.25, -0.2) is 13.1 Å². The molecule has 0 spiro atoms. The predicted octanol–water partition coefficient (Wildman–Crippen LogP) is 2.66. The molecule has 0 aliphatic heterocycles. The van der Waals surface area contributed by atoms with Crippen LogP contribution in [-0.2, 0) is 22.3 Å². The van der Waals surface area contributed by atoms with Gasteiger partial charge in [0.15, 0.2) is 0 Å². The largest absolute Gasteiger partial charge is 0.268 e. The lowest BCUT2D eigenvalue weighted by Crippen LogP contribution is -2.27. The summed E-state index contributed by atoms with van der Waals surface area (Å²) >= 11 is 6.08. The molecule has 5 nitrogen and oxygen atoms in total. The van der Waals surface area contributed by atoms with E-state index >= 15 is 0 Å². The lowest BCUT2D eigenvalue weighted by molar-refractivity contribution is 0.544. The van der Waals surface area contributed by atoms with Crippen LogP contribution in [0.4, 0.5) is 0 Å². The number of hydrogen-bond donors (Lipinski definition) is 1. The van der Waals surface area contributed by atoms with E-state index in [1.807, 2.05) is 36.7 Å². The highest BCUT2D eigenvalue weighted by atomic mass is 35.5. The molecule has 2 aromatic rings. The summed E-state index contributed by atoms with van der Waals surface area (Å²) in [6.07, 6.45) is 0.659. The molecule has 0 aliphatic carbocycles. The van der Waals surface area contributed by atoms with E-state index in [9.17, 15) is 8.42 Å². The van der Waals surface area contributed by atoms with Crippen LogP contribution in [0.2, 0.25) is 5.02 Å². The van der Waals surface area contributed by atoms with Crippen LogP contribution in [0.1, 0.15) is 23.4 Å². The van der Waals surface area contributed by atoms with Gasteiger partial charge in [-0.05, 0) is 25.8 Å². The van der Waals surface area contributed by atoms with E-state index in [-0.39, 0.29) is 5.75 Å². The van der Waals surface area contributed by atoms with Crippen molar-refractivity contribution in [2.75, 3.05) is 6.54 Å². The Balaban J connectivity index is 1.82. The second-order valence-electron chi connectivity index (χ2n) is 5.20. The quantitative estimate of drug-likeness (QED) is 0.787. The van der Waals surface area contributed by atoms with E-state index in [2.05, 4.69) is 9.82 Å². The zero-order chi connectivity index (χ0) is 16.2. The minimum Gasteiger partial charge on any atom is -0.268 e. The smallest absolute Gasteiger partial charge is 0.215 e. The van der Waals surface area contributed by atoms with Gasteiger partial charge in [0.1, 0.15) is 0 Å². The van der Waals surface area contributed by atoms with Crippen LogP contribution in [0.3, 0.4) is 0 Å². The first-order valence-electron chi connectivity index (χ1n) is 7.10. The number of sulfonamides is 1. The summed E-state index contributed by atoms with van der Waals surface area (Å²) in [5.74, 6) is -0.000423. The van der Waals surface area contributed by atoms with Gasteiger partial charge in [0.25, 0.3) is 0 Å². The molecule has 0 atom stereocenters. The van der Waals surface area contributed by atoms with E-state index < -0.39 is 10.0 Å². The van der Waals surface area contributed by atoms with Crippen LogP contribution in [0, 0.1) is 13.8 Å². The number of nitrogens with one attached hydrogen (secondary N) is 1. The number of halogens is 1. The first-order chi connectivity index (χ1) is 10.4. The Bertz CT molecular complexity index is 727. The normalized spacial score (nSPS) is 11.8. The van der Waals surface area contributed by atoms with Crippen molar-refractivity contribution in [3.05, 3.63) is 52.3 Å². The fourth-order valence-corrected chi connectivity index (χ4v) is 3.52. The molecule has 1 aromatic carbocycles. The van der Waals surface area contributed by atoms with Crippen LogP contribution in [0.25, 0.3) is 0 Å². The third-order valence-electron chi connectivity index (χ3n) is 3.36. The highest BCUT2D eigenvalue weighted by Gasteiger charge is 2.12. The predicted molar refractivity (Wildman–Crippen MR) is 88.4 cm³/mol. The highest BCUT2D eigenvalue weighted by molar-refractivity contribution is 7.88. The summed E-state index contributed by atoms with van der Waals surface area (Å²) in [5, 5.41) is 4.99. The Hall–Kier alpha value is -1.37. The SMILES string of the molecule is Cc1nn(CCCNS(=O)(=O)Cc2ccccc2)c(C)c1Cl. The monoisotopic (exact) mass is 341 g/mol. The first-order valence-corrected chi connectivity index (χ1v) is 9.13. The molecule has 2 rings (SSSR count). The minimum atomic E-state index is -3.31. The van der Waals surface area contributed by atoms with Crippen molar-refractivity contribution in [1.29, 1.82) is 0 Å². The van der Waals surface area contributed by atoms with Crippen LogP contribution in [-0.4, -0.2) is 24.7 Å². The Kier molecular flexibility index (Phi) is 5.61. The topological polar surface area (TPSA) is 64.0 Å². The number of rotatable bonds is 7. The molecule has 1 heterocycles. The summed E-state index contributed by atoms with van der Waals surface area (Å²) in [5.41, 5.74) is 2.48. The zero-order valence-electron chi connectivity index (χ0n) is 12.7. The zero-order valence-corrected chi connectivity index (χ0v) is 14.3. The standard InChI is InChI=1S/C15H20ClN3O2S/c1-12-15(16)13(2)19(18-12)10-6-9-17-22(20,21)11-14-7-4-3-5-8-14/h3-5,7-8,17H,6,9-11H2,1-2H3. The number of benzene rings is 1. The maximum absolute atomic E-state index is 12.0. The van der Waals surface area contributed by atoms with E-state index in [0.717, 1.165) is 17.0 Å². The van der Waals surface area contributed by atoms with Gasteiger partial charge in [-0.3, -0.25) is 4.68 Å². The van der Waals surface area contributed by atoms with Crippen LogP contribution in [0.15, 0.2) is 30.3 Å². The maximum Gasteiger partial charge on any atom is 0.215 e. The highest BCUT2D eigenvalue weighted by Crippen LogP contribution is 2.18. The molecule has 0 bridgehead atoms. The van der Waals surface area contributed by atoms with Gasteiger partial charge in [0.05, 0.1) is 22.2 Å². The summed E-state index contributed by atoms with van der Waals surface area (Å²) in [6, 6.07) is 9.13. The van der Waals surface area contributed by atoms with Crippen LogP contribution >= 0.6 is 11.6 Å². The van der Waals surface area contributed by atoms with Crippen molar-refractivity contribution in [1.82, 2.24) is 14.5 Å². The van der Waals surface area contributed by atoms with E-state index in [4.69, 9.17) is 11.6 Å². The molecule has 0 saturated heterocycles. The molecule has 0 saturated carbocycles. The van der Waals surface area contributed by atoms with Crippen molar-refractivity contribution in [3.63, 3.8) is 0 Å². The average molecular weight is 342 g/mol. The van der Waals surface area contributed by atoms with Crippen molar-refractivity contribution < 1.29 is 8.42 Å². The lowest BCUT2D eigenvalue weighted by atomic mass is 10.2. The third kappa shape index (κ3) is 4.56. The second-order valence-corrected chi connectivity index (χ2v) is 7.39. The molecule has 120 valence electrons. The van der Waals surface area contributed by atoms with Crippen molar-refractivity contribution in [2.24, 2.45) is 0 Å². The fourth-order valence-electron chi connectivity index (χ4n) is 2.19. The summed E-state index contributed by atoms with van der Waals surface area (Å²) in [4.78, 5) is 0. The van der Waals surface area contributed by atoms with E-state index in [1.54, 1.807) is 12.1 Å². The van der Waals surface area contributed by atoms with Gasteiger partial charge < -0.3 is 0 Å². The Morgan fingerprint density at radius 3 is 2.50 bits per heavy atom. The number of hydrogen-bond acceptors (Lipinski definition) is 3. The van der Waals surface area contributed by atoms with E-state index in [0.29, 0.717) is 24.5 Å². The molecule has 1 aromatic heterocycles. The Morgan fingerprint density at radius 1 is 1.23 bits per heavy atom. The molecular formula is C15H20ClN3O2S. The number of nitrogens with zero attached hydrogens (tertiary/aromatic N) is 2. The van der Waals surface area contributed by atoms with Crippen molar-refractivity contribution in [2.45, 2.75) is 32.6 Å². The summed E-state index contributed by atoms with van der Waals surface area (Å²) in [7, 11) is -3.31. The maximum atomic E-state index is 12.0. The number of aryl methyl sites for hydroxylation is 2. The summed E-state index contributed by atoms with van der Waals surface area (Å²) in [6.45, 7) is 4.77. The molecule has 0 radical (unpaired) electrons. The van der Waals surface area contributed by atoms with Crippen molar-refractivity contribution >= 4 is 21.6 Å².